The van der Waals surface area contributed by atoms with Crippen molar-refractivity contribution in [3.05, 3.63) is 17.5 Å². The highest BCUT2D eigenvalue weighted by atomic mass is 32.1. The highest BCUT2D eigenvalue weighted by Crippen LogP contribution is 2.23. The van der Waals surface area contributed by atoms with Gasteiger partial charge in [-0.1, -0.05) is 0 Å². The quantitative estimate of drug-likeness (QED) is 0.649. The molecule has 0 radical (unpaired) electrons. The summed E-state index contributed by atoms with van der Waals surface area (Å²) in [6, 6.07) is 3.81. The first-order valence-electron chi connectivity index (χ1n) is 3.77. The maximum Gasteiger partial charge on any atom is 0.248 e. The molecule has 1 aliphatic rings. The van der Waals surface area contributed by atoms with Gasteiger partial charge in [0.25, 0.3) is 0 Å². The molecule has 0 unspecified atom stereocenters. The molecule has 12 heavy (non-hydrogen) atoms. The van der Waals surface area contributed by atoms with Crippen LogP contribution < -0.4 is 5.01 Å². The number of nitrogens with zero attached hydrogens (tertiary/aromatic N) is 2. The molecule has 62 valence electrons. The first-order chi connectivity index (χ1) is 5.88. The van der Waals surface area contributed by atoms with Crippen molar-refractivity contribution in [2.75, 3.05) is 5.01 Å². The van der Waals surface area contributed by atoms with Crippen LogP contribution in [0.2, 0.25) is 0 Å². The van der Waals surface area contributed by atoms with Gasteiger partial charge in [-0.25, -0.2) is 0 Å². The molecule has 0 atom stereocenters. The minimum absolute atomic E-state index is 0.0833. The summed E-state index contributed by atoms with van der Waals surface area (Å²) in [7, 11) is 0. The third-order valence-corrected chi connectivity index (χ3v) is 2.48. The summed E-state index contributed by atoms with van der Waals surface area (Å²) in [5, 5.41) is 8.32. The van der Waals surface area contributed by atoms with Gasteiger partial charge in [0.15, 0.2) is 0 Å². The summed E-state index contributed by atoms with van der Waals surface area (Å²) in [4.78, 5) is 11.3. The standard InChI is InChI=1S/C8H8N2OS/c11-7-3-1-5-9-10(7)8-4-2-6-12-8/h2,4-6H,1,3H2. The van der Waals surface area contributed by atoms with Crippen molar-refractivity contribution >= 4 is 28.5 Å². The molecule has 0 saturated heterocycles. The molecule has 0 saturated carbocycles. The van der Waals surface area contributed by atoms with Gasteiger partial charge in [-0.15, -0.1) is 11.3 Å². The molecule has 0 aliphatic carbocycles. The van der Waals surface area contributed by atoms with Crippen molar-refractivity contribution < 1.29 is 4.79 Å². The molecular formula is C8H8N2OS. The Labute approximate surface area is 74.3 Å². The fourth-order valence-electron chi connectivity index (χ4n) is 1.07. The van der Waals surface area contributed by atoms with Gasteiger partial charge in [0.2, 0.25) is 5.91 Å². The van der Waals surface area contributed by atoms with E-state index in [0.29, 0.717) is 6.42 Å². The maximum atomic E-state index is 11.3. The Bertz CT molecular complexity index is 305. The Morgan fingerprint density at radius 2 is 2.50 bits per heavy atom. The molecule has 3 nitrogen and oxygen atoms in total. The van der Waals surface area contributed by atoms with E-state index in [0.717, 1.165) is 11.4 Å². The number of hydrogen-bond donors (Lipinski definition) is 0. The molecule has 0 fully saturated rings. The third kappa shape index (κ3) is 1.25. The van der Waals surface area contributed by atoms with Crippen molar-refractivity contribution in [2.24, 2.45) is 5.10 Å². The SMILES string of the molecule is O=C1CCC=NN1c1cccs1. The molecule has 1 aliphatic heterocycles. The fraction of sp³-hybridized carbons (Fsp3) is 0.250. The van der Waals surface area contributed by atoms with Crippen molar-refractivity contribution in [3.8, 4) is 0 Å². The lowest BCUT2D eigenvalue weighted by atomic mass is 10.3. The molecule has 0 aromatic carbocycles. The van der Waals surface area contributed by atoms with Gasteiger partial charge >= 0.3 is 0 Å². The van der Waals surface area contributed by atoms with Crippen LogP contribution in [0.3, 0.4) is 0 Å². The molecule has 2 rings (SSSR count). The van der Waals surface area contributed by atoms with E-state index in [4.69, 9.17) is 0 Å². The van der Waals surface area contributed by atoms with Gasteiger partial charge in [-0.3, -0.25) is 4.79 Å². The summed E-state index contributed by atoms with van der Waals surface area (Å²) in [5.74, 6) is 0.0833. The Hall–Kier alpha value is -1.16. The number of hydrogen-bond acceptors (Lipinski definition) is 3. The zero-order valence-electron chi connectivity index (χ0n) is 6.43. The summed E-state index contributed by atoms with van der Waals surface area (Å²) in [5.41, 5.74) is 0. The van der Waals surface area contributed by atoms with Crippen LogP contribution in [0.25, 0.3) is 0 Å². The topological polar surface area (TPSA) is 32.7 Å². The molecule has 4 heteroatoms. The normalized spacial score (nSPS) is 17.0. The van der Waals surface area contributed by atoms with Gasteiger partial charge in [-0.2, -0.15) is 10.1 Å². The predicted molar refractivity (Wildman–Crippen MR) is 49.5 cm³/mol. The fourth-order valence-corrected chi connectivity index (χ4v) is 1.77. The van der Waals surface area contributed by atoms with Gasteiger partial charge in [0, 0.05) is 12.6 Å². The van der Waals surface area contributed by atoms with Crippen LogP contribution in [0.5, 0.6) is 0 Å². The third-order valence-electron chi connectivity index (χ3n) is 1.64. The predicted octanol–water partition coefficient (Wildman–Crippen LogP) is 1.86. The lowest BCUT2D eigenvalue weighted by molar-refractivity contribution is -0.118. The van der Waals surface area contributed by atoms with E-state index < -0.39 is 0 Å². The Morgan fingerprint density at radius 1 is 1.58 bits per heavy atom. The number of thiophene rings is 1. The van der Waals surface area contributed by atoms with Gasteiger partial charge in [-0.05, 0) is 23.9 Å². The summed E-state index contributed by atoms with van der Waals surface area (Å²) >= 11 is 1.52. The molecule has 0 spiro atoms. The monoisotopic (exact) mass is 180 g/mol. The molecule has 1 aromatic heterocycles. The van der Waals surface area contributed by atoms with Crippen LogP contribution in [-0.4, -0.2) is 12.1 Å². The van der Waals surface area contributed by atoms with Crippen LogP contribution >= 0.6 is 11.3 Å². The average molecular weight is 180 g/mol. The second-order valence-electron chi connectivity index (χ2n) is 2.49. The number of amides is 1. The van der Waals surface area contributed by atoms with Crippen LogP contribution in [0.4, 0.5) is 5.00 Å². The Kier molecular flexibility index (Phi) is 1.91. The van der Waals surface area contributed by atoms with Gasteiger partial charge < -0.3 is 0 Å². The Balaban J connectivity index is 2.28. The Morgan fingerprint density at radius 3 is 3.17 bits per heavy atom. The summed E-state index contributed by atoms with van der Waals surface area (Å²) in [6.45, 7) is 0. The second-order valence-corrected chi connectivity index (χ2v) is 3.42. The number of rotatable bonds is 1. The number of anilines is 1. The minimum atomic E-state index is 0.0833. The molecule has 1 aromatic rings. The lowest BCUT2D eigenvalue weighted by Crippen LogP contribution is -2.27. The van der Waals surface area contributed by atoms with E-state index in [1.54, 1.807) is 6.21 Å². The van der Waals surface area contributed by atoms with Crippen LogP contribution in [0, 0.1) is 0 Å². The van der Waals surface area contributed by atoms with Crippen molar-refractivity contribution in [1.29, 1.82) is 0 Å². The maximum absolute atomic E-state index is 11.3. The van der Waals surface area contributed by atoms with Crippen molar-refractivity contribution in [2.45, 2.75) is 12.8 Å². The van der Waals surface area contributed by atoms with Gasteiger partial charge in [0.05, 0.1) is 0 Å². The number of hydrazone groups is 1. The molecule has 0 N–H and O–H groups in total. The minimum Gasteiger partial charge on any atom is -0.273 e. The zero-order chi connectivity index (χ0) is 8.39. The van der Waals surface area contributed by atoms with Crippen LogP contribution in [0.1, 0.15) is 12.8 Å². The van der Waals surface area contributed by atoms with E-state index in [-0.39, 0.29) is 5.91 Å². The first kappa shape index (κ1) is 7.49. The van der Waals surface area contributed by atoms with E-state index in [1.165, 1.54) is 16.3 Å². The van der Waals surface area contributed by atoms with Crippen LogP contribution in [0.15, 0.2) is 22.6 Å². The number of carbonyl (C=O) groups excluding carboxylic acids is 1. The highest BCUT2D eigenvalue weighted by molar-refractivity contribution is 7.14. The molecule has 2 heterocycles. The smallest absolute Gasteiger partial charge is 0.248 e. The van der Waals surface area contributed by atoms with Gasteiger partial charge in [0.1, 0.15) is 5.00 Å². The van der Waals surface area contributed by atoms with E-state index >= 15 is 0 Å². The van der Waals surface area contributed by atoms with E-state index in [1.807, 2.05) is 17.5 Å². The summed E-state index contributed by atoms with van der Waals surface area (Å²) in [6.07, 6.45) is 3.11. The average Bonchev–Trinajstić information content (AvgIpc) is 2.57. The van der Waals surface area contributed by atoms with E-state index in [2.05, 4.69) is 5.10 Å². The van der Waals surface area contributed by atoms with E-state index in [9.17, 15) is 4.79 Å². The van der Waals surface area contributed by atoms with Crippen molar-refractivity contribution in [3.63, 3.8) is 0 Å². The highest BCUT2D eigenvalue weighted by Gasteiger charge is 2.17. The summed E-state index contributed by atoms with van der Waals surface area (Å²) < 4.78 is 0. The zero-order valence-corrected chi connectivity index (χ0v) is 7.25. The first-order valence-corrected chi connectivity index (χ1v) is 4.65. The molecular weight excluding hydrogens is 172 g/mol. The number of carbonyl (C=O) groups is 1. The molecule has 0 bridgehead atoms. The molecule has 1 amide bonds. The second kappa shape index (κ2) is 3.06. The largest absolute Gasteiger partial charge is 0.273 e. The van der Waals surface area contributed by atoms with Crippen LogP contribution in [-0.2, 0) is 4.79 Å². The lowest BCUT2D eigenvalue weighted by Gasteiger charge is -2.17. The van der Waals surface area contributed by atoms with Crippen molar-refractivity contribution in [1.82, 2.24) is 0 Å².